The van der Waals surface area contributed by atoms with Crippen molar-refractivity contribution >= 4 is 17.5 Å². The maximum atomic E-state index is 12.5. The van der Waals surface area contributed by atoms with Crippen molar-refractivity contribution in [3.8, 4) is 0 Å². The lowest BCUT2D eigenvalue weighted by Crippen LogP contribution is -2.39. The lowest BCUT2D eigenvalue weighted by molar-refractivity contribution is -0.127. The molecule has 5 nitrogen and oxygen atoms in total. The number of aromatic nitrogens is 1. The summed E-state index contributed by atoms with van der Waals surface area (Å²) < 4.78 is 0. The number of nitrogens with zero attached hydrogens (tertiary/aromatic N) is 2. The van der Waals surface area contributed by atoms with E-state index < -0.39 is 5.92 Å². The molecule has 0 radical (unpaired) electrons. The molecule has 1 N–H and O–H groups in total. The maximum absolute atomic E-state index is 12.5. The Labute approximate surface area is 129 Å². The largest absolute Gasteiger partial charge is 0.350 e. The van der Waals surface area contributed by atoms with Gasteiger partial charge in [-0.15, -0.1) is 0 Å². The van der Waals surface area contributed by atoms with Gasteiger partial charge in [-0.25, -0.2) is 0 Å². The first kappa shape index (κ1) is 14.3. The summed E-state index contributed by atoms with van der Waals surface area (Å²) in [7, 11) is 1.74. The Morgan fingerprint density at radius 2 is 2.05 bits per heavy atom. The highest BCUT2D eigenvalue weighted by molar-refractivity contribution is 6.02. The van der Waals surface area contributed by atoms with Gasteiger partial charge in [-0.1, -0.05) is 24.3 Å². The Balaban J connectivity index is 1.78. The minimum atomic E-state index is -0.441. The third kappa shape index (κ3) is 2.70. The van der Waals surface area contributed by atoms with Crippen molar-refractivity contribution in [2.75, 3.05) is 11.9 Å². The predicted molar refractivity (Wildman–Crippen MR) is 83.3 cm³/mol. The van der Waals surface area contributed by atoms with Gasteiger partial charge >= 0.3 is 0 Å². The van der Waals surface area contributed by atoms with E-state index in [2.05, 4.69) is 10.3 Å². The molecule has 2 heterocycles. The smallest absolute Gasteiger partial charge is 0.228 e. The number of hydrogen-bond acceptors (Lipinski definition) is 3. The molecule has 0 saturated heterocycles. The van der Waals surface area contributed by atoms with Gasteiger partial charge in [0.2, 0.25) is 11.8 Å². The van der Waals surface area contributed by atoms with Crippen molar-refractivity contribution in [3.63, 3.8) is 0 Å². The van der Waals surface area contributed by atoms with E-state index in [1.807, 2.05) is 42.5 Å². The van der Waals surface area contributed by atoms with E-state index in [1.54, 1.807) is 18.1 Å². The van der Waals surface area contributed by atoms with E-state index in [1.165, 1.54) is 0 Å². The molecule has 0 fully saturated rings. The molecule has 5 heteroatoms. The third-order valence-electron chi connectivity index (χ3n) is 3.91. The van der Waals surface area contributed by atoms with E-state index >= 15 is 0 Å². The second-order valence-corrected chi connectivity index (χ2v) is 5.31. The quantitative estimate of drug-likeness (QED) is 0.940. The van der Waals surface area contributed by atoms with E-state index in [0.29, 0.717) is 6.54 Å². The number of rotatable bonds is 3. The van der Waals surface area contributed by atoms with Gasteiger partial charge in [0.15, 0.2) is 0 Å². The fraction of sp³-hybridized carbons (Fsp3) is 0.235. The molecule has 1 atom stereocenters. The Kier molecular flexibility index (Phi) is 3.87. The van der Waals surface area contributed by atoms with Crippen molar-refractivity contribution in [1.29, 1.82) is 0 Å². The highest BCUT2D eigenvalue weighted by Crippen LogP contribution is 2.35. The van der Waals surface area contributed by atoms with E-state index in [9.17, 15) is 9.59 Å². The van der Waals surface area contributed by atoms with Gasteiger partial charge in [0, 0.05) is 25.4 Å². The molecule has 1 aromatic heterocycles. The van der Waals surface area contributed by atoms with Crippen LogP contribution in [0.2, 0.25) is 0 Å². The number of anilines is 1. The number of pyridine rings is 1. The summed E-state index contributed by atoms with van der Waals surface area (Å²) in [4.78, 5) is 30.3. The average Bonchev–Trinajstić information content (AvgIpc) is 2.57. The van der Waals surface area contributed by atoms with Crippen molar-refractivity contribution in [3.05, 3.63) is 59.9 Å². The van der Waals surface area contributed by atoms with Crippen LogP contribution in [0.1, 0.15) is 23.6 Å². The fourth-order valence-corrected chi connectivity index (χ4v) is 2.68. The summed E-state index contributed by atoms with van der Waals surface area (Å²) >= 11 is 0. The van der Waals surface area contributed by atoms with Crippen molar-refractivity contribution in [2.24, 2.45) is 0 Å². The SMILES string of the molecule is CN1C(=O)CC(C(=O)NCc2ccccn2)c2ccccc21. The molecule has 0 aliphatic carbocycles. The number of carbonyl (C=O) groups is 2. The first-order valence-corrected chi connectivity index (χ1v) is 7.20. The minimum Gasteiger partial charge on any atom is -0.350 e. The molecular formula is C17H17N3O2. The normalized spacial score (nSPS) is 17.0. The monoisotopic (exact) mass is 295 g/mol. The number of benzene rings is 1. The van der Waals surface area contributed by atoms with Crippen LogP contribution in [-0.2, 0) is 16.1 Å². The van der Waals surface area contributed by atoms with Gasteiger partial charge < -0.3 is 10.2 Å². The summed E-state index contributed by atoms with van der Waals surface area (Å²) in [6, 6.07) is 13.1. The van der Waals surface area contributed by atoms with Crippen LogP contribution in [0.15, 0.2) is 48.7 Å². The van der Waals surface area contributed by atoms with Crippen LogP contribution in [0.5, 0.6) is 0 Å². The molecule has 1 aromatic carbocycles. The van der Waals surface area contributed by atoms with Crippen LogP contribution < -0.4 is 10.2 Å². The highest BCUT2D eigenvalue weighted by Gasteiger charge is 2.33. The minimum absolute atomic E-state index is 0.0447. The van der Waals surface area contributed by atoms with Crippen molar-refractivity contribution in [1.82, 2.24) is 10.3 Å². The zero-order valence-corrected chi connectivity index (χ0v) is 12.3. The van der Waals surface area contributed by atoms with Crippen LogP contribution in [0.25, 0.3) is 0 Å². The lowest BCUT2D eigenvalue weighted by atomic mass is 9.89. The number of carbonyl (C=O) groups excluding carboxylic acids is 2. The second kappa shape index (κ2) is 5.97. The van der Waals surface area contributed by atoms with Crippen LogP contribution in [0.3, 0.4) is 0 Å². The van der Waals surface area contributed by atoms with Gasteiger partial charge in [-0.3, -0.25) is 14.6 Å². The molecule has 22 heavy (non-hydrogen) atoms. The molecule has 1 aliphatic rings. The highest BCUT2D eigenvalue weighted by atomic mass is 16.2. The summed E-state index contributed by atoms with van der Waals surface area (Å²) in [6.45, 7) is 0.363. The summed E-state index contributed by atoms with van der Waals surface area (Å²) in [5.74, 6) is -0.625. The topological polar surface area (TPSA) is 62.3 Å². The zero-order valence-electron chi connectivity index (χ0n) is 12.3. The Morgan fingerprint density at radius 1 is 1.27 bits per heavy atom. The summed E-state index contributed by atoms with van der Waals surface area (Å²) in [5.41, 5.74) is 2.49. The van der Waals surface area contributed by atoms with Crippen LogP contribution in [-0.4, -0.2) is 23.8 Å². The Hall–Kier alpha value is -2.69. The maximum Gasteiger partial charge on any atom is 0.228 e. The summed E-state index contributed by atoms with van der Waals surface area (Å²) in [5, 5.41) is 2.87. The lowest BCUT2D eigenvalue weighted by Gasteiger charge is -2.30. The van der Waals surface area contributed by atoms with Gasteiger partial charge in [0.1, 0.15) is 0 Å². The molecule has 0 spiro atoms. The predicted octanol–water partition coefficient (Wildman–Crippen LogP) is 1.85. The molecule has 112 valence electrons. The van der Waals surface area contributed by atoms with Gasteiger partial charge in [0.25, 0.3) is 0 Å². The van der Waals surface area contributed by atoms with E-state index in [0.717, 1.165) is 16.9 Å². The number of amides is 2. The van der Waals surface area contributed by atoms with Crippen LogP contribution in [0.4, 0.5) is 5.69 Å². The Morgan fingerprint density at radius 3 is 2.82 bits per heavy atom. The van der Waals surface area contributed by atoms with Crippen molar-refractivity contribution in [2.45, 2.75) is 18.9 Å². The van der Waals surface area contributed by atoms with Crippen LogP contribution >= 0.6 is 0 Å². The van der Waals surface area contributed by atoms with Crippen LogP contribution in [0, 0.1) is 0 Å². The third-order valence-corrected chi connectivity index (χ3v) is 3.91. The molecule has 1 aliphatic heterocycles. The van der Waals surface area contributed by atoms with Crippen molar-refractivity contribution < 1.29 is 9.59 Å². The Bertz CT molecular complexity index is 700. The average molecular weight is 295 g/mol. The summed E-state index contributed by atoms with van der Waals surface area (Å²) in [6.07, 6.45) is 1.89. The molecule has 0 saturated carbocycles. The standard InChI is InChI=1S/C17H17N3O2/c1-20-15-8-3-2-7-13(15)14(10-16(20)21)17(22)19-11-12-6-4-5-9-18-12/h2-9,14H,10-11H2,1H3,(H,19,22). The molecule has 2 amide bonds. The number of fused-ring (bicyclic) bond motifs is 1. The number of para-hydroxylation sites is 1. The van der Waals surface area contributed by atoms with Gasteiger partial charge in [-0.2, -0.15) is 0 Å². The van der Waals surface area contributed by atoms with Gasteiger partial charge in [0.05, 0.1) is 18.2 Å². The number of nitrogens with one attached hydrogen (secondary N) is 1. The number of hydrogen-bond donors (Lipinski definition) is 1. The van der Waals surface area contributed by atoms with E-state index in [4.69, 9.17) is 0 Å². The first-order valence-electron chi connectivity index (χ1n) is 7.20. The molecule has 3 rings (SSSR count). The molecular weight excluding hydrogens is 278 g/mol. The first-order chi connectivity index (χ1) is 10.7. The second-order valence-electron chi connectivity index (χ2n) is 5.31. The molecule has 2 aromatic rings. The van der Waals surface area contributed by atoms with Gasteiger partial charge in [-0.05, 0) is 23.8 Å². The van der Waals surface area contributed by atoms with E-state index in [-0.39, 0.29) is 18.2 Å². The molecule has 1 unspecified atom stereocenters. The molecule has 0 bridgehead atoms. The fourth-order valence-electron chi connectivity index (χ4n) is 2.68. The zero-order chi connectivity index (χ0) is 15.5.